The first-order valence-electron chi connectivity index (χ1n) is 5.44. The fourth-order valence-corrected chi connectivity index (χ4v) is 1.18. The van der Waals surface area contributed by atoms with Gasteiger partial charge < -0.3 is 26.2 Å². The van der Waals surface area contributed by atoms with Crippen molar-refractivity contribution in [1.29, 1.82) is 0 Å². The molecule has 0 aromatic heterocycles. The molecule has 9 heteroatoms. The number of hydrogen-bond acceptors (Lipinski definition) is 5. The summed E-state index contributed by atoms with van der Waals surface area (Å²) in [6, 6.07) is -3.04. The Hall–Kier alpha value is -2.32. The molecule has 0 aliphatic heterocycles. The number of carbonyl (C=O) groups is 4. The van der Waals surface area contributed by atoms with Crippen LogP contribution in [0.25, 0.3) is 0 Å². The second kappa shape index (κ2) is 7.90. The number of carboxylic acid groups (broad SMARTS) is 1. The minimum atomic E-state index is -1.30. The summed E-state index contributed by atoms with van der Waals surface area (Å²) in [7, 11) is 1.16. The van der Waals surface area contributed by atoms with Gasteiger partial charge in [0.15, 0.2) is 0 Å². The van der Waals surface area contributed by atoms with Crippen molar-refractivity contribution in [2.24, 2.45) is 5.73 Å². The molecule has 0 aliphatic carbocycles. The standard InChI is InChI=1S/C10H17N3O6/c1-5(9(17)19-2)12-10(18)13-6(8(15)16)3-4-7(11)14/h5-6H,3-4H2,1-2H3,(H2,11,14)(H,15,16)(H2,12,13,18)/t5?,6-/m1/s1. The first kappa shape index (κ1) is 16.7. The minimum Gasteiger partial charge on any atom is -0.480 e. The zero-order valence-corrected chi connectivity index (χ0v) is 10.6. The van der Waals surface area contributed by atoms with Crippen LogP contribution in [0.2, 0.25) is 0 Å². The van der Waals surface area contributed by atoms with Crippen molar-refractivity contribution in [1.82, 2.24) is 10.6 Å². The molecule has 0 aliphatic rings. The monoisotopic (exact) mass is 275 g/mol. The minimum absolute atomic E-state index is 0.134. The largest absolute Gasteiger partial charge is 0.480 e. The highest BCUT2D eigenvalue weighted by Crippen LogP contribution is 1.97. The van der Waals surface area contributed by atoms with Gasteiger partial charge in [0, 0.05) is 6.42 Å². The summed E-state index contributed by atoms with van der Waals surface area (Å²) >= 11 is 0. The summed E-state index contributed by atoms with van der Waals surface area (Å²) in [4.78, 5) is 43.9. The summed E-state index contributed by atoms with van der Waals surface area (Å²) in [6.45, 7) is 1.38. The number of amides is 3. The van der Waals surface area contributed by atoms with Crippen LogP contribution in [0.4, 0.5) is 4.79 Å². The molecule has 0 fully saturated rings. The number of methoxy groups -OCH3 is 1. The number of rotatable bonds is 7. The Balaban J connectivity index is 4.35. The molecule has 0 spiro atoms. The van der Waals surface area contributed by atoms with Crippen LogP contribution in [0.1, 0.15) is 19.8 Å². The van der Waals surface area contributed by atoms with Crippen molar-refractivity contribution < 1.29 is 29.0 Å². The van der Waals surface area contributed by atoms with Crippen molar-refractivity contribution in [2.45, 2.75) is 31.8 Å². The number of ether oxygens (including phenoxy) is 1. The Labute approximate surface area is 109 Å². The van der Waals surface area contributed by atoms with E-state index in [1.807, 2.05) is 0 Å². The van der Waals surface area contributed by atoms with Gasteiger partial charge in [-0.3, -0.25) is 4.79 Å². The maximum absolute atomic E-state index is 11.4. The maximum atomic E-state index is 11.4. The van der Waals surface area contributed by atoms with E-state index in [9.17, 15) is 19.2 Å². The zero-order valence-electron chi connectivity index (χ0n) is 10.6. The van der Waals surface area contributed by atoms with Crippen LogP contribution in [-0.2, 0) is 19.1 Å². The summed E-state index contributed by atoms with van der Waals surface area (Å²) < 4.78 is 4.39. The lowest BCUT2D eigenvalue weighted by Gasteiger charge is -2.16. The van der Waals surface area contributed by atoms with E-state index in [0.717, 1.165) is 7.11 Å². The van der Waals surface area contributed by atoms with Crippen molar-refractivity contribution in [3.05, 3.63) is 0 Å². The molecule has 0 saturated carbocycles. The smallest absolute Gasteiger partial charge is 0.328 e. The lowest BCUT2D eigenvalue weighted by Crippen LogP contribution is -2.50. The fourth-order valence-electron chi connectivity index (χ4n) is 1.18. The number of esters is 1. The zero-order chi connectivity index (χ0) is 15.0. The van der Waals surface area contributed by atoms with Crippen molar-refractivity contribution in [3.63, 3.8) is 0 Å². The highest BCUT2D eigenvalue weighted by Gasteiger charge is 2.22. The first-order valence-corrected chi connectivity index (χ1v) is 5.44. The number of hydrogen-bond donors (Lipinski definition) is 4. The van der Waals surface area contributed by atoms with Gasteiger partial charge in [0.05, 0.1) is 7.11 Å². The Morgan fingerprint density at radius 2 is 1.84 bits per heavy atom. The Morgan fingerprint density at radius 1 is 1.26 bits per heavy atom. The quantitative estimate of drug-likeness (QED) is 0.418. The molecule has 108 valence electrons. The maximum Gasteiger partial charge on any atom is 0.328 e. The van der Waals surface area contributed by atoms with E-state index in [1.54, 1.807) is 0 Å². The lowest BCUT2D eigenvalue weighted by molar-refractivity contribution is -0.142. The number of aliphatic carboxylic acids is 1. The van der Waals surface area contributed by atoms with E-state index >= 15 is 0 Å². The second-order valence-electron chi connectivity index (χ2n) is 3.76. The van der Waals surface area contributed by atoms with Gasteiger partial charge in [0.25, 0.3) is 0 Å². The molecule has 0 aromatic rings. The molecule has 0 heterocycles. The van der Waals surface area contributed by atoms with E-state index in [1.165, 1.54) is 6.92 Å². The molecule has 0 aromatic carbocycles. The van der Waals surface area contributed by atoms with Crippen LogP contribution < -0.4 is 16.4 Å². The van der Waals surface area contributed by atoms with Crippen LogP contribution in [0.15, 0.2) is 0 Å². The molecule has 0 radical (unpaired) electrons. The highest BCUT2D eigenvalue weighted by atomic mass is 16.5. The molecular weight excluding hydrogens is 258 g/mol. The van der Waals surface area contributed by atoms with E-state index in [2.05, 4.69) is 15.4 Å². The third-order valence-corrected chi connectivity index (χ3v) is 2.19. The molecule has 2 atom stereocenters. The summed E-state index contributed by atoms with van der Waals surface area (Å²) in [5.41, 5.74) is 4.89. The molecule has 0 saturated heterocycles. The molecule has 3 amide bonds. The molecule has 1 unspecified atom stereocenters. The average Bonchev–Trinajstić information content (AvgIpc) is 2.32. The van der Waals surface area contributed by atoms with Gasteiger partial charge >= 0.3 is 18.0 Å². The number of carboxylic acids is 1. The number of nitrogens with one attached hydrogen (secondary N) is 2. The van der Waals surface area contributed by atoms with Gasteiger partial charge in [-0.05, 0) is 13.3 Å². The number of nitrogens with two attached hydrogens (primary N) is 1. The van der Waals surface area contributed by atoms with E-state index in [0.29, 0.717) is 0 Å². The van der Waals surface area contributed by atoms with Gasteiger partial charge in [-0.2, -0.15) is 0 Å². The molecule has 0 rings (SSSR count). The topological polar surface area (TPSA) is 148 Å². The van der Waals surface area contributed by atoms with Gasteiger partial charge in [-0.1, -0.05) is 0 Å². The van der Waals surface area contributed by atoms with Crippen molar-refractivity contribution in [2.75, 3.05) is 7.11 Å². The van der Waals surface area contributed by atoms with Gasteiger partial charge in [-0.25, -0.2) is 14.4 Å². The lowest BCUT2D eigenvalue weighted by atomic mass is 10.1. The summed E-state index contributed by atoms with van der Waals surface area (Å²) in [5.74, 6) is -2.64. The predicted molar refractivity (Wildman–Crippen MR) is 63.0 cm³/mol. The molecule has 9 nitrogen and oxygen atoms in total. The number of primary amides is 1. The fraction of sp³-hybridized carbons (Fsp3) is 0.600. The molecular formula is C10H17N3O6. The van der Waals surface area contributed by atoms with Crippen LogP contribution in [0, 0.1) is 0 Å². The third kappa shape index (κ3) is 6.86. The van der Waals surface area contributed by atoms with Crippen molar-refractivity contribution >= 4 is 23.9 Å². The summed E-state index contributed by atoms with van der Waals surface area (Å²) in [6.07, 6.45) is -0.311. The highest BCUT2D eigenvalue weighted by molar-refractivity contribution is 5.86. The molecule has 5 N–H and O–H groups in total. The Morgan fingerprint density at radius 3 is 2.26 bits per heavy atom. The first-order chi connectivity index (χ1) is 8.77. The molecule has 0 bridgehead atoms. The Kier molecular flexibility index (Phi) is 6.94. The average molecular weight is 275 g/mol. The number of carbonyl (C=O) groups excluding carboxylic acids is 3. The second-order valence-corrected chi connectivity index (χ2v) is 3.76. The molecule has 19 heavy (non-hydrogen) atoms. The Bertz CT molecular complexity index is 370. The number of urea groups is 1. The van der Waals surface area contributed by atoms with Gasteiger partial charge in [-0.15, -0.1) is 0 Å². The van der Waals surface area contributed by atoms with Crippen LogP contribution >= 0.6 is 0 Å². The normalized spacial score (nSPS) is 12.9. The van der Waals surface area contributed by atoms with Gasteiger partial charge in [0.1, 0.15) is 12.1 Å². The van der Waals surface area contributed by atoms with Crippen LogP contribution in [0.5, 0.6) is 0 Å². The van der Waals surface area contributed by atoms with Crippen molar-refractivity contribution in [3.8, 4) is 0 Å². The third-order valence-electron chi connectivity index (χ3n) is 2.19. The van der Waals surface area contributed by atoms with E-state index in [-0.39, 0.29) is 12.8 Å². The van der Waals surface area contributed by atoms with E-state index in [4.69, 9.17) is 10.8 Å². The van der Waals surface area contributed by atoms with Crippen LogP contribution in [-0.4, -0.2) is 48.2 Å². The van der Waals surface area contributed by atoms with Crippen LogP contribution in [0.3, 0.4) is 0 Å². The van der Waals surface area contributed by atoms with Gasteiger partial charge in [0.2, 0.25) is 5.91 Å². The predicted octanol–water partition coefficient (Wildman–Crippen LogP) is -1.43. The summed E-state index contributed by atoms with van der Waals surface area (Å²) in [5, 5.41) is 13.2. The van der Waals surface area contributed by atoms with E-state index < -0.39 is 36.0 Å². The SMILES string of the molecule is COC(=O)C(C)NC(=O)N[C@H](CCC(N)=O)C(=O)O.